The fourth-order valence-corrected chi connectivity index (χ4v) is 4.24. The summed E-state index contributed by atoms with van der Waals surface area (Å²) in [5, 5.41) is 20.9. The minimum atomic E-state index is -3.09. The number of nitrogens with one attached hydrogen (secondary N) is 1. The Kier molecular flexibility index (Phi) is 5.19. The van der Waals surface area contributed by atoms with Crippen molar-refractivity contribution >= 4 is 11.8 Å². The second-order valence-electron chi connectivity index (χ2n) is 8.74. The van der Waals surface area contributed by atoms with Crippen molar-refractivity contribution in [2.45, 2.75) is 63.8 Å². The molecule has 1 aliphatic heterocycles. The molecule has 3 rings (SSSR count). The van der Waals surface area contributed by atoms with Crippen molar-refractivity contribution < 1.29 is 23.5 Å². The molecule has 2 N–H and O–H groups in total. The van der Waals surface area contributed by atoms with Gasteiger partial charge in [0.15, 0.2) is 5.78 Å². The van der Waals surface area contributed by atoms with Gasteiger partial charge in [-0.05, 0) is 50.4 Å². The number of likely N-dealkylation sites (tertiary alicyclic amines) is 1. The molecule has 1 saturated heterocycles. The predicted octanol–water partition coefficient (Wildman–Crippen LogP) is 2.47. The number of aliphatic hydroxyl groups is 1. The van der Waals surface area contributed by atoms with Crippen LogP contribution in [0.3, 0.4) is 0 Å². The lowest BCUT2D eigenvalue weighted by Crippen LogP contribution is -2.52. The van der Waals surface area contributed by atoms with Crippen LogP contribution < -0.4 is 5.32 Å². The van der Waals surface area contributed by atoms with Crippen LogP contribution in [0.2, 0.25) is 0 Å². The molecule has 2 aliphatic carbocycles. The highest BCUT2D eigenvalue weighted by Crippen LogP contribution is 2.59. The second kappa shape index (κ2) is 7.01. The maximum Gasteiger partial charge on any atom is 0.317 e. The molecule has 8 heteroatoms. The Bertz CT molecular complexity index is 644. The van der Waals surface area contributed by atoms with E-state index in [1.54, 1.807) is 4.90 Å². The summed E-state index contributed by atoms with van der Waals surface area (Å²) in [5.41, 5.74) is -0.603. The van der Waals surface area contributed by atoms with E-state index in [4.69, 9.17) is 5.26 Å². The van der Waals surface area contributed by atoms with Gasteiger partial charge in [-0.25, -0.2) is 13.6 Å². The standard InChI is InChI=1S/C19H27F2N3O3/c1-17(20,21)9-14(15(26)10-18(12-22)2-3-18)23-16(27)24-6-4-19(5-7-24)8-13(19)11-25/h13-14,25H,2-11H2,1H3,(H,23,27)/t13?,14-/m0/s1. The van der Waals surface area contributed by atoms with Gasteiger partial charge in [0.25, 0.3) is 0 Å². The van der Waals surface area contributed by atoms with Gasteiger partial charge < -0.3 is 15.3 Å². The van der Waals surface area contributed by atoms with E-state index in [1.165, 1.54) is 0 Å². The first kappa shape index (κ1) is 20.0. The zero-order valence-corrected chi connectivity index (χ0v) is 15.6. The van der Waals surface area contributed by atoms with Crippen molar-refractivity contribution in [3.05, 3.63) is 0 Å². The normalized spacial score (nSPS) is 26.2. The van der Waals surface area contributed by atoms with Crippen LogP contribution in [-0.2, 0) is 4.79 Å². The molecule has 0 radical (unpaired) electrons. The Hall–Kier alpha value is -1.75. The molecule has 2 atom stereocenters. The van der Waals surface area contributed by atoms with Gasteiger partial charge in [0.05, 0.1) is 17.5 Å². The lowest BCUT2D eigenvalue weighted by atomic mass is 9.91. The van der Waals surface area contributed by atoms with Gasteiger partial charge >= 0.3 is 6.03 Å². The van der Waals surface area contributed by atoms with Crippen LogP contribution in [0.25, 0.3) is 0 Å². The minimum Gasteiger partial charge on any atom is -0.396 e. The molecule has 0 aromatic rings. The average molecular weight is 383 g/mol. The van der Waals surface area contributed by atoms with E-state index in [2.05, 4.69) is 11.4 Å². The number of hydrogen-bond donors (Lipinski definition) is 2. The van der Waals surface area contributed by atoms with E-state index < -0.39 is 35.6 Å². The molecule has 1 unspecified atom stereocenters. The monoisotopic (exact) mass is 383 g/mol. The number of ketones is 1. The van der Waals surface area contributed by atoms with Gasteiger partial charge in [-0.15, -0.1) is 0 Å². The molecule has 3 fully saturated rings. The summed E-state index contributed by atoms with van der Waals surface area (Å²) in [6, 6.07) is 0.300. The quantitative estimate of drug-likeness (QED) is 0.706. The number of alkyl halides is 2. The maximum absolute atomic E-state index is 13.5. The fourth-order valence-electron chi connectivity index (χ4n) is 4.24. The number of rotatable bonds is 7. The molecular weight excluding hydrogens is 356 g/mol. The van der Waals surface area contributed by atoms with Crippen LogP contribution in [-0.4, -0.2) is 53.5 Å². The van der Waals surface area contributed by atoms with E-state index >= 15 is 0 Å². The Morgan fingerprint density at radius 2 is 1.96 bits per heavy atom. The number of Topliss-reactive ketones (excluding diaryl/α,β-unsaturated/α-hetero) is 1. The molecule has 150 valence electrons. The molecule has 6 nitrogen and oxygen atoms in total. The van der Waals surface area contributed by atoms with E-state index in [9.17, 15) is 23.5 Å². The van der Waals surface area contributed by atoms with Gasteiger partial charge in [0.1, 0.15) is 0 Å². The number of amides is 2. The summed E-state index contributed by atoms with van der Waals surface area (Å²) in [7, 11) is 0. The summed E-state index contributed by atoms with van der Waals surface area (Å²) in [6.07, 6.45) is 2.88. The van der Waals surface area contributed by atoms with Crippen LogP contribution in [0, 0.1) is 28.1 Å². The van der Waals surface area contributed by atoms with Gasteiger partial charge in [-0.2, -0.15) is 5.26 Å². The largest absolute Gasteiger partial charge is 0.396 e. The molecule has 0 aromatic carbocycles. The van der Waals surface area contributed by atoms with Crippen LogP contribution in [0.15, 0.2) is 0 Å². The third kappa shape index (κ3) is 4.57. The third-order valence-electron chi connectivity index (χ3n) is 6.48. The van der Waals surface area contributed by atoms with E-state index in [1.807, 2.05) is 0 Å². The molecule has 2 saturated carbocycles. The lowest BCUT2D eigenvalue weighted by Gasteiger charge is -2.34. The number of halogens is 2. The van der Waals surface area contributed by atoms with E-state index in [-0.39, 0.29) is 18.4 Å². The number of aliphatic hydroxyl groups excluding tert-OH is 1. The van der Waals surface area contributed by atoms with Crippen molar-refractivity contribution in [3.8, 4) is 6.07 Å². The maximum atomic E-state index is 13.5. The molecule has 1 heterocycles. The van der Waals surface area contributed by atoms with Crippen molar-refractivity contribution in [2.24, 2.45) is 16.7 Å². The van der Waals surface area contributed by atoms with Crippen LogP contribution in [0.1, 0.15) is 51.9 Å². The zero-order valence-electron chi connectivity index (χ0n) is 15.6. The van der Waals surface area contributed by atoms with Crippen molar-refractivity contribution in [3.63, 3.8) is 0 Å². The van der Waals surface area contributed by atoms with E-state index in [0.717, 1.165) is 26.2 Å². The smallest absolute Gasteiger partial charge is 0.317 e. The van der Waals surface area contributed by atoms with Gasteiger partial charge in [-0.3, -0.25) is 4.79 Å². The number of nitriles is 1. The van der Waals surface area contributed by atoms with Gasteiger partial charge in [0, 0.05) is 32.5 Å². The minimum absolute atomic E-state index is 0.0915. The Labute approximate surface area is 157 Å². The highest BCUT2D eigenvalue weighted by atomic mass is 19.3. The lowest BCUT2D eigenvalue weighted by molar-refractivity contribution is -0.124. The molecular formula is C19H27F2N3O3. The number of piperidine rings is 1. The molecule has 27 heavy (non-hydrogen) atoms. The first-order valence-corrected chi connectivity index (χ1v) is 9.60. The fraction of sp³-hybridized carbons (Fsp3) is 0.842. The van der Waals surface area contributed by atoms with Crippen LogP contribution in [0.5, 0.6) is 0 Å². The first-order valence-electron chi connectivity index (χ1n) is 9.60. The molecule has 2 amide bonds. The third-order valence-corrected chi connectivity index (χ3v) is 6.48. The van der Waals surface area contributed by atoms with Crippen molar-refractivity contribution in [1.82, 2.24) is 10.2 Å². The Balaban J connectivity index is 1.57. The number of carbonyl (C=O) groups excluding carboxylic acids is 2. The van der Waals surface area contributed by atoms with Crippen LogP contribution >= 0.6 is 0 Å². The number of carbonyl (C=O) groups is 2. The molecule has 1 spiro atoms. The molecule has 3 aliphatic rings. The highest BCUT2D eigenvalue weighted by Gasteiger charge is 2.54. The van der Waals surface area contributed by atoms with Crippen LogP contribution in [0.4, 0.5) is 13.6 Å². The predicted molar refractivity (Wildman–Crippen MR) is 92.9 cm³/mol. The van der Waals surface area contributed by atoms with Crippen molar-refractivity contribution in [1.29, 1.82) is 5.26 Å². The number of hydrogen-bond acceptors (Lipinski definition) is 4. The Morgan fingerprint density at radius 3 is 2.41 bits per heavy atom. The highest BCUT2D eigenvalue weighted by molar-refractivity contribution is 5.89. The topological polar surface area (TPSA) is 93.4 Å². The van der Waals surface area contributed by atoms with Crippen molar-refractivity contribution in [2.75, 3.05) is 19.7 Å². The zero-order chi connectivity index (χ0) is 19.9. The second-order valence-corrected chi connectivity index (χ2v) is 8.74. The summed E-state index contributed by atoms with van der Waals surface area (Å²) < 4.78 is 27.1. The Morgan fingerprint density at radius 1 is 1.33 bits per heavy atom. The van der Waals surface area contributed by atoms with Gasteiger partial charge in [0.2, 0.25) is 5.92 Å². The summed E-state index contributed by atoms with van der Waals surface area (Å²) in [6.45, 7) is 1.88. The summed E-state index contributed by atoms with van der Waals surface area (Å²) in [4.78, 5) is 26.6. The number of nitrogens with zero attached hydrogens (tertiary/aromatic N) is 2. The van der Waals surface area contributed by atoms with E-state index in [0.29, 0.717) is 31.8 Å². The van der Waals surface area contributed by atoms with Gasteiger partial charge in [-0.1, -0.05) is 0 Å². The first-order chi connectivity index (χ1) is 12.6. The molecule has 0 bridgehead atoms. The summed E-state index contributed by atoms with van der Waals surface area (Å²) in [5.74, 6) is -3.29. The molecule has 0 aromatic heterocycles. The summed E-state index contributed by atoms with van der Waals surface area (Å²) >= 11 is 0. The average Bonchev–Trinajstić information content (AvgIpc) is 3.51. The number of urea groups is 1. The SMILES string of the molecule is CC(F)(F)C[C@H](NC(=O)N1CCC2(CC1)CC2CO)C(=O)CC1(C#N)CC1.